The quantitative estimate of drug-likeness (QED) is 0.0508. The minimum absolute atomic E-state index is 0.0102. The largest absolute Gasteiger partial charge is 0.490 e. The average Bonchev–Trinajstić information content (AvgIpc) is 3.00. The first-order valence-corrected chi connectivity index (χ1v) is 15.4. The second-order valence-electron chi connectivity index (χ2n) is 8.67. The zero-order valence-corrected chi connectivity index (χ0v) is 26.8. The van der Waals surface area contributed by atoms with E-state index in [9.17, 15) is 29.8 Å². The molecule has 236 valence electrons. The summed E-state index contributed by atoms with van der Waals surface area (Å²) in [6, 6.07) is 4.62. The molecule has 0 N–H and O–H groups in total. The number of nitro groups is 2. The van der Waals surface area contributed by atoms with Gasteiger partial charge in [0.1, 0.15) is 11.1 Å². The molecule has 0 atom stereocenters. The van der Waals surface area contributed by atoms with Crippen molar-refractivity contribution < 1.29 is 47.9 Å². The van der Waals surface area contributed by atoms with Gasteiger partial charge in [0, 0.05) is 29.2 Å². The van der Waals surface area contributed by atoms with E-state index >= 15 is 0 Å². The molecular formula is C27H32Br2N2O12. The molecule has 0 saturated heterocycles. The Balaban J connectivity index is 2.21. The van der Waals surface area contributed by atoms with E-state index in [0.29, 0.717) is 12.8 Å². The molecule has 0 heterocycles. The van der Waals surface area contributed by atoms with E-state index in [2.05, 4.69) is 41.3 Å². The van der Waals surface area contributed by atoms with Gasteiger partial charge in [-0.05, 0) is 25.7 Å². The number of unbranched alkanes of at least 4 members (excludes halogenated alkanes) is 2. The smallest absolute Gasteiger partial charge is 0.345 e. The van der Waals surface area contributed by atoms with Crippen LogP contribution in [0.25, 0.3) is 0 Å². The summed E-state index contributed by atoms with van der Waals surface area (Å²) in [4.78, 5) is 46.1. The highest BCUT2D eigenvalue weighted by Gasteiger charge is 2.27. The SMILES string of the molecule is COC(=O)c1cc(OCCCCBr)c(OCCCOc2cc([N+](=O)[O-])c(C(=O)OC)cc2OCCCCBr)cc1[N+](=O)[O-]. The Labute approximate surface area is 264 Å². The molecule has 2 rings (SSSR count). The van der Waals surface area contributed by atoms with E-state index in [0.717, 1.165) is 49.9 Å². The van der Waals surface area contributed by atoms with E-state index in [4.69, 9.17) is 18.9 Å². The van der Waals surface area contributed by atoms with Gasteiger partial charge in [0.25, 0.3) is 11.4 Å². The topological polar surface area (TPSA) is 176 Å². The maximum Gasteiger partial charge on any atom is 0.345 e. The lowest BCUT2D eigenvalue weighted by Gasteiger charge is -2.16. The van der Waals surface area contributed by atoms with Gasteiger partial charge in [0.2, 0.25) is 0 Å². The van der Waals surface area contributed by atoms with Crippen molar-refractivity contribution in [3.8, 4) is 23.0 Å². The van der Waals surface area contributed by atoms with Gasteiger partial charge in [0.05, 0.1) is 62.6 Å². The number of hydrogen-bond acceptors (Lipinski definition) is 12. The van der Waals surface area contributed by atoms with Gasteiger partial charge in [-0.3, -0.25) is 20.2 Å². The van der Waals surface area contributed by atoms with Crippen LogP contribution in [0.4, 0.5) is 11.4 Å². The predicted molar refractivity (Wildman–Crippen MR) is 162 cm³/mol. The number of hydrogen-bond donors (Lipinski definition) is 0. The fourth-order valence-electron chi connectivity index (χ4n) is 3.58. The number of benzene rings is 2. The highest BCUT2D eigenvalue weighted by molar-refractivity contribution is 9.09. The Hall–Kier alpha value is -3.66. The molecule has 0 spiro atoms. The zero-order chi connectivity index (χ0) is 31.8. The Morgan fingerprint density at radius 1 is 0.605 bits per heavy atom. The summed E-state index contributed by atoms with van der Waals surface area (Å²) < 4.78 is 32.4. The average molecular weight is 736 g/mol. The van der Waals surface area contributed by atoms with Crippen molar-refractivity contribution in [2.45, 2.75) is 32.1 Å². The first-order chi connectivity index (χ1) is 20.7. The normalized spacial score (nSPS) is 10.5. The van der Waals surface area contributed by atoms with Gasteiger partial charge in [-0.15, -0.1) is 0 Å². The molecule has 0 aliphatic rings. The van der Waals surface area contributed by atoms with E-state index < -0.39 is 33.2 Å². The van der Waals surface area contributed by atoms with E-state index in [1.807, 2.05) is 0 Å². The fraction of sp³-hybridized carbons (Fsp3) is 0.481. The molecule has 0 aromatic heterocycles. The lowest BCUT2D eigenvalue weighted by Crippen LogP contribution is -2.11. The Morgan fingerprint density at radius 2 is 0.930 bits per heavy atom. The third kappa shape index (κ3) is 10.8. The molecule has 2 aromatic carbocycles. The van der Waals surface area contributed by atoms with Gasteiger partial charge in [-0.25, -0.2) is 9.59 Å². The number of ether oxygens (including phenoxy) is 6. The summed E-state index contributed by atoms with van der Waals surface area (Å²) in [5.41, 5.74) is -1.57. The van der Waals surface area contributed by atoms with Gasteiger partial charge >= 0.3 is 11.9 Å². The van der Waals surface area contributed by atoms with Crippen LogP contribution in [0.2, 0.25) is 0 Å². The number of methoxy groups -OCH3 is 2. The van der Waals surface area contributed by atoms with Crippen molar-refractivity contribution in [1.29, 1.82) is 0 Å². The Bertz CT molecular complexity index is 1180. The van der Waals surface area contributed by atoms with Crippen LogP contribution in [-0.4, -0.2) is 73.1 Å². The number of halogens is 2. The van der Waals surface area contributed by atoms with Gasteiger partial charge in [-0.1, -0.05) is 31.9 Å². The molecule has 0 unspecified atom stereocenters. The van der Waals surface area contributed by atoms with Crippen molar-refractivity contribution in [3.63, 3.8) is 0 Å². The van der Waals surface area contributed by atoms with Gasteiger partial charge in [0.15, 0.2) is 23.0 Å². The maximum atomic E-state index is 12.2. The second kappa shape index (κ2) is 18.8. The van der Waals surface area contributed by atoms with Crippen molar-refractivity contribution in [3.05, 3.63) is 55.6 Å². The van der Waals surface area contributed by atoms with Gasteiger partial charge in [-0.2, -0.15) is 0 Å². The molecule has 2 aromatic rings. The van der Waals surface area contributed by atoms with Crippen LogP contribution >= 0.6 is 31.9 Å². The summed E-state index contributed by atoms with van der Waals surface area (Å²) in [7, 11) is 2.23. The van der Waals surface area contributed by atoms with Crippen LogP contribution in [0.1, 0.15) is 52.8 Å². The van der Waals surface area contributed by atoms with Crippen molar-refractivity contribution >= 4 is 55.2 Å². The molecule has 43 heavy (non-hydrogen) atoms. The van der Waals surface area contributed by atoms with E-state index in [1.54, 1.807) is 0 Å². The van der Waals surface area contributed by atoms with Crippen LogP contribution in [0, 0.1) is 20.2 Å². The highest BCUT2D eigenvalue weighted by atomic mass is 79.9. The predicted octanol–water partition coefficient (Wildman–Crippen LogP) is 6.03. The van der Waals surface area contributed by atoms with E-state index in [1.165, 1.54) is 12.1 Å². The Kier molecular flexibility index (Phi) is 15.5. The standard InChI is InChI=1S/C27H32Br2N2O12/c1-38-26(32)18-14-22(40-10-5-3-8-28)24(16-20(18)30(34)35)42-12-7-13-43-25-17-21(31(36)37)19(27(33)39-2)15-23(25)41-11-6-4-9-29/h14-17H,3-13H2,1-2H3. The highest BCUT2D eigenvalue weighted by Crippen LogP contribution is 2.37. The number of carbonyl (C=O) groups excluding carboxylic acids is 2. The molecule has 0 radical (unpaired) electrons. The van der Waals surface area contributed by atoms with Crippen LogP contribution in [0.15, 0.2) is 24.3 Å². The molecule has 0 amide bonds. The number of esters is 2. The minimum Gasteiger partial charge on any atom is -0.490 e. The number of alkyl halides is 2. The zero-order valence-electron chi connectivity index (χ0n) is 23.6. The van der Waals surface area contributed by atoms with Crippen molar-refractivity contribution in [2.24, 2.45) is 0 Å². The number of nitro benzene ring substituents is 2. The number of carbonyl (C=O) groups is 2. The van der Waals surface area contributed by atoms with Crippen LogP contribution in [0.3, 0.4) is 0 Å². The van der Waals surface area contributed by atoms with Crippen LogP contribution in [-0.2, 0) is 9.47 Å². The molecule has 0 bridgehead atoms. The lowest BCUT2D eigenvalue weighted by molar-refractivity contribution is -0.385. The molecule has 14 nitrogen and oxygen atoms in total. The monoisotopic (exact) mass is 734 g/mol. The summed E-state index contributed by atoms with van der Waals surface area (Å²) in [5, 5.41) is 24.8. The first kappa shape index (κ1) is 35.5. The lowest BCUT2D eigenvalue weighted by atomic mass is 10.1. The van der Waals surface area contributed by atoms with Crippen LogP contribution in [0.5, 0.6) is 23.0 Å². The first-order valence-electron chi connectivity index (χ1n) is 13.1. The second-order valence-corrected chi connectivity index (χ2v) is 10.3. The molecule has 0 aliphatic heterocycles. The van der Waals surface area contributed by atoms with E-state index in [-0.39, 0.29) is 67.0 Å². The van der Waals surface area contributed by atoms with Crippen molar-refractivity contribution in [1.82, 2.24) is 0 Å². The van der Waals surface area contributed by atoms with Gasteiger partial charge < -0.3 is 28.4 Å². The minimum atomic E-state index is -0.894. The summed E-state index contributed by atoms with van der Waals surface area (Å²) >= 11 is 6.67. The summed E-state index contributed by atoms with van der Waals surface area (Å²) in [5.74, 6) is -1.42. The molecule has 0 fully saturated rings. The number of rotatable bonds is 20. The third-order valence-electron chi connectivity index (χ3n) is 5.70. The molecule has 0 saturated carbocycles. The summed E-state index contributed by atoms with van der Waals surface area (Å²) in [6.07, 6.45) is 3.26. The third-order valence-corrected chi connectivity index (χ3v) is 6.82. The fourth-order valence-corrected chi connectivity index (χ4v) is 4.37. The van der Waals surface area contributed by atoms with Crippen LogP contribution < -0.4 is 18.9 Å². The Morgan fingerprint density at radius 3 is 1.23 bits per heavy atom. The summed E-state index contributed by atoms with van der Waals surface area (Å²) in [6.45, 7) is 0.580. The molecule has 0 aliphatic carbocycles. The molecule has 16 heteroatoms. The maximum absolute atomic E-state index is 12.2. The van der Waals surface area contributed by atoms with Crippen molar-refractivity contribution in [2.75, 3.05) is 51.3 Å². The molecular weight excluding hydrogens is 704 g/mol. The number of nitrogens with zero attached hydrogens (tertiary/aromatic N) is 2.